The van der Waals surface area contributed by atoms with Gasteiger partial charge in [-0.05, 0) is 37.6 Å². The lowest BCUT2D eigenvalue weighted by Crippen LogP contribution is -2.42. The Bertz CT molecular complexity index is 609. The summed E-state index contributed by atoms with van der Waals surface area (Å²) < 4.78 is 11.6. The monoisotopic (exact) mass is 333 g/mol. The third-order valence-corrected chi connectivity index (χ3v) is 4.86. The molecule has 0 aliphatic carbocycles. The molecule has 124 valence electrons. The third kappa shape index (κ3) is 4.85. The quantitative estimate of drug-likeness (QED) is 0.878. The van der Waals surface area contributed by atoms with Crippen molar-refractivity contribution in [2.45, 2.75) is 36.0 Å². The van der Waals surface area contributed by atoms with Crippen LogP contribution in [0.4, 0.5) is 0 Å². The minimum absolute atomic E-state index is 0.130. The molecule has 23 heavy (non-hydrogen) atoms. The van der Waals surface area contributed by atoms with Crippen molar-refractivity contribution in [1.82, 2.24) is 4.90 Å². The van der Waals surface area contributed by atoms with Crippen molar-refractivity contribution >= 4 is 11.8 Å². The van der Waals surface area contributed by atoms with Crippen LogP contribution >= 0.6 is 11.8 Å². The molecule has 1 N–H and O–H groups in total. The van der Waals surface area contributed by atoms with Crippen LogP contribution in [0.2, 0.25) is 0 Å². The van der Waals surface area contributed by atoms with Gasteiger partial charge in [-0.25, -0.2) is 0 Å². The maximum atomic E-state index is 9.04. The van der Waals surface area contributed by atoms with Gasteiger partial charge in [-0.3, -0.25) is 4.90 Å². The van der Waals surface area contributed by atoms with Crippen LogP contribution < -0.4 is 0 Å². The molecule has 0 unspecified atom stereocenters. The highest BCUT2D eigenvalue weighted by Crippen LogP contribution is 2.29. The van der Waals surface area contributed by atoms with E-state index in [2.05, 4.69) is 36.1 Å². The standard InChI is InChI=1S/C18H23NO3S/c1-14-2-5-17(6-3-14)23-18-7-4-16(22-18)13-19-9-11-21-15(12-19)8-10-20/h2-7,15,20H,8-13H2,1H3/t15-/m0/s1. The highest BCUT2D eigenvalue weighted by atomic mass is 32.2. The Morgan fingerprint density at radius 1 is 1.22 bits per heavy atom. The molecule has 5 heteroatoms. The Morgan fingerprint density at radius 3 is 2.83 bits per heavy atom. The minimum atomic E-state index is 0.130. The average Bonchev–Trinajstić information content (AvgIpc) is 2.97. The SMILES string of the molecule is Cc1ccc(Sc2ccc(CN3CCO[C@@H](CCO)C3)o2)cc1. The van der Waals surface area contributed by atoms with E-state index in [4.69, 9.17) is 14.3 Å². The molecular formula is C18H23NO3S. The summed E-state index contributed by atoms with van der Waals surface area (Å²) >= 11 is 1.64. The summed E-state index contributed by atoms with van der Waals surface area (Å²) in [6, 6.07) is 12.5. The van der Waals surface area contributed by atoms with Crippen LogP contribution in [0.15, 0.2) is 50.8 Å². The third-order valence-electron chi connectivity index (χ3n) is 3.93. The van der Waals surface area contributed by atoms with Gasteiger partial charge >= 0.3 is 0 Å². The normalized spacial score (nSPS) is 19.1. The molecule has 1 saturated heterocycles. The molecule has 1 aromatic heterocycles. The Hall–Kier alpha value is -1.27. The Labute approximate surface area is 141 Å². The number of benzene rings is 1. The molecule has 1 aliphatic heterocycles. The second kappa shape index (κ2) is 8.02. The lowest BCUT2D eigenvalue weighted by Gasteiger charge is -2.32. The van der Waals surface area contributed by atoms with Gasteiger partial charge in [0.25, 0.3) is 0 Å². The number of hydrogen-bond acceptors (Lipinski definition) is 5. The first-order chi connectivity index (χ1) is 11.2. The van der Waals surface area contributed by atoms with Gasteiger partial charge in [-0.15, -0.1) is 0 Å². The number of furan rings is 1. The summed E-state index contributed by atoms with van der Waals surface area (Å²) in [7, 11) is 0. The smallest absolute Gasteiger partial charge is 0.165 e. The summed E-state index contributed by atoms with van der Waals surface area (Å²) in [5.41, 5.74) is 1.26. The molecule has 1 fully saturated rings. The first-order valence-electron chi connectivity index (χ1n) is 8.01. The molecule has 4 nitrogen and oxygen atoms in total. The number of hydrogen-bond donors (Lipinski definition) is 1. The van der Waals surface area contributed by atoms with Crippen molar-refractivity contribution in [2.24, 2.45) is 0 Å². The number of nitrogens with zero attached hydrogens (tertiary/aromatic N) is 1. The van der Waals surface area contributed by atoms with E-state index in [1.165, 1.54) is 10.5 Å². The highest BCUT2D eigenvalue weighted by Gasteiger charge is 2.21. The Kier molecular flexibility index (Phi) is 5.78. The molecule has 0 spiro atoms. The zero-order valence-corrected chi connectivity index (χ0v) is 14.2. The van der Waals surface area contributed by atoms with Crippen LogP contribution in [0.5, 0.6) is 0 Å². The fourth-order valence-corrected chi connectivity index (χ4v) is 3.47. The van der Waals surface area contributed by atoms with Gasteiger partial charge in [0.1, 0.15) is 5.76 Å². The van der Waals surface area contributed by atoms with Crippen LogP contribution in [-0.4, -0.2) is 42.4 Å². The van der Waals surface area contributed by atoms with Gasteiger partial charge in [0.15, 0.2) is 5.09 Å². The van der Waals surface area contributed by atoms with Crippen LogP contribution in [0, 0.1) is 6.92 Å². The van der Waals surface area contributed by atoms with Crippen LogP contribution in [0.3, 0.4) is 0 Å². The number of rotatable bonds is 6. The summed E-state index contributed by atoms with van der Waals surface area (Å²) in [6.07, 6.45) is 0.827. The van der Waals surface area contributed by atoms with E-state index < -0.39 is 0 Å². The maximum absolute atomic E-state index is 9.04. The number of ether oxygens (including phenoxy) is 1. The van der Waals surface area contributed by atoms with Crippen molar-refractivity contribution in [3.63, 3.8) is 0 Å². The number of aryl methyl sites for hydroxylation is 1. The zero-order valence-electron chi connectivity index (χ0n) is 13.4. The maximum Gasteiger partial charge on any atom is 0.165 e. The fraction of sp³-hybridized carbons (Fsp3) is 0.444. The molecule has 2 aromatic rings. The number of aliphatic hydroxyl groups excluding tert-OH is 1. The van der Waals surface area contributed by atoms with Crippen molar-refractivity contribution in [1.29, 1.82) is 0 Å². The molecule has 0 bridgehead atoms. The summed E-state index contributed by atoms with van der Waals surface area (Å²) in [6.45, 7) is 5.53. The van der Waals surface area contributed by atoms with Crippen molar-refractivity contribution < 1.29 is 14.3 Å². The Morgan fingerprint density at radius 2 is 2.04 bits per heavy atom. The first-order valence-corrected chi connectivity index (χ1v) is 8.82. The average molecular weight is 333 g/mol. The van der Waals surface area contributed by atoms with E-state index in [0.717, 1.165) is 37.1 Å². The zero-order chi connectivity index (χ0) is 16.1. The lowest BCUT2D eigenvalue weighted by molar-refractivity contribution is -0.0424. The molecule has 1 aliphatic rings. The summed E-state index contributed by atoms with van der Waals surface area (Å²) in [5.74, 6) is 0.976. The van der Waals surface area contributed by atoms with Gasteiger partial charge in [0.05, 0.1) is 19.3 Å². The summed E-state index contributed by atoms with van der Waals surface area (Å²) in [5, 5.41) is 9.96. The lowest BCUT2D eigenvalue weighted by atomic mass is 10.2. The highest BCUT2D eigenvalue weighted by molar-refractivity contribution is 7.99. The van der Waals surface area contributed by atoms with Crippen LogP contribution in [-0.2, 0) is 11.3 Å². The van der Waals surface area contributed by atoms with Gasteiger partial charge in [0, 0.05) is 24.6 Å². The predicted octanol–water partition coefficient (Wildman–Crippen LogP) is 3.32. The molecule has 0 amide bonds. The van der Waals surface area contributed by atoms with Gasteiger partial charge < -0.3 is 14.3 Å². The number of morpholine rings is 1. The van der Waals surface area contributed by atoms with E-state index in [-0.39, 0.29) is 12.7 Å². The topological polar surface area (TPSA) is 45.8 Å². The van der Waals surface area contributed by atoms with Crippen LogP contribution in [0.25, 0.3) is 0 Å². The van der Waals surface area contributed by atoms with E-state index >= 15 is 0 Å². The largest absolute Gasteiger partial charge is 0.453 e. The molecule has 0 radical (unpaired) electrons. The molecule has 1 aromatic carbocycles. The second-order valence-electron chi connectivity index (χ2n) is 5.88. The van der Waals surface area contributed by atoms with E-state index in [1.807, 2.05) is 12.1 Å². The first kappa shape index (κ1) is 16.6. The number of aliphatic hydroxyl groups is 1. The molecule has 2 heterocycles. The molecular weight excluding hydrogens is 310 g/mol. The molecule has 1 atom stereocenters. The van der Waals surface area contributed by atoms with Gasteiger partial charge in [-0.2, -0.15) is 0 Å². The second-order valence-corrected chi connectivity index (χ2v) is 6.95. The molecule has 3 rings (SSSR count). The van der Waals surface area contributed by atoms with Crippen molar-refractivity contribution in [2.75, 3.05) is 26.3 Å². The predicted molar refractivity (Wildman–Crippen MR) is 90.7 cm³/mol. The summed E-state index contributed by atoms with van der Waals surface area (Å²) in [4.78, 5) is 3.51. The van der Waals surface area contributed by atoms with Crippen LogP contribution in [0.1, 0.15) is 17.7 Å². The van der Waals surface area contributed by atoms with Crippen molar-refractivity contribution in [3.05, 3.63) is 47.7 Å². The van der Waals surface area contributed by atoms with E-state index in [0.29, 0.717) is 6.42 Å². The van der Waals surface area contributed by atoms with Crippen molar-refractivity contribution in [3.8, 4) is 0 Å². The van der Waals surface area contributed by atoms with E-state index in [9.17, 15) is 0 Å². The molecule has 0 saturated carbocycles. The van der Waals surface area contributed by atoms with Gasteiger partial charge in [0.2, 0.25) is 0 Å². The Balaban J connectivity index is 1.55. The van der Waals surface area contributed by atoms with E-state index in [1.54, 1.807) is 11.8 Å². The fourth-order valence-electron chi connectivity index (χ4n) is 2.68. The van der Waals surface area contributed by atoms with Gasteiger partial charge in [-0.1, -0.05) is 29.5 Å². The minimum Gasteiger partial charge on any atom is -0.453 e.